The monoisotopic (exact) mass is 325 g/mol. The average molecular weight is 325 g/mol. The van der Waals surface area contributed by atoms with Crippen molar-refractivity contribution in [2.45, 2.75) is 57.8 Å². The fourth-order valence-electron chi connectivity index (χ4n) is 3.38. The Morgan fingerprint density at radius 3 is 2.25 bits per heavy atom. The molecule has 1 N–H and O–H groups in total. The number of hydrogen-bond donors (Lipinski definition) is 1. The molecule has 0 atom stereocenters. The van der Waals surface area contributed by atoms with Crippen LogP contribution < -0.4 is 10.3 Å². The normalized spacial score (nSPS) is 16.8. The lowest BCUT2D eigenvalue weighted by molar-refractivity contribution is 0.299. The maximum absolute atomic E-state index is 12.4. The van der Waals surface area contributed by atoms with Crippen LogP contribution in [0.25, 0.3) is 11.3 Å². The minimum atomic E-state index is -0.121. The molecule has 3 heteroatoms. The second-order valence-electron chi connectivity index (χ2n) is 6.66. The number of aromatic amines is 1. The van der Waals surface area contributed by atoms with Crippen LogP contribution in [-0.4, -0.2) is 11.6 Å². The summed E-state index contributed by atoms with van der Waals surface area (Å²) < 4.78 is 5.77. The van der Waals surface area contributed by atoms with Crippen LogP contribution >= 0.6 is 0 Å². The minimum Gasteiger partial charge on any atom is -0.488 e. The van der Waals surface area contributed by atoms with E-state index in [9.17, 15) is 4.79 Å². The molecule has 0 spiro atoms. The van der Waals surface area contributed by atoms with Gasteiger partial charge in [-0.15, -0.1) is 0 Å². The minimum absolute atomic E-state index is 0.121. The van der Waals surface area contributed by atoms with Crippen molar-refractivity contribution in [1.29, 1.82) is 0 Å². The Morgan fingerprint density at radius 1 is 0.833 bits per heavy atom. The summed E-state index contributed by atoms with van der Waals surface area (Å²) in [4.78, 5) is 15.5. The van der Waals surface area contributed by atoms with Gasteiger partial charge in [0.1, 0.15) is 0 Å². The highest BCUT2D eigenvalue weighted by atomic mass is 16.5. The van der Waals surface area contributed by atoms with Gasteiger partial charge in [-0.25, -0.2) is 0 Å². The molecule has 3 rings (SSSR count). The number of nitrogens with one attached hydrogen (secondary N) is 1. The van der Waals surface area contributed by atoms with Crippen LogP contribution in [0.3, 0.4) is 0 Å². The zero-order valence-corrected chi connectivity index (χ0v) is 14.4. The van der Waals surface area contributed by atoms with Gasteiger partial charge in [0.15, 0.2) is 5.75 Å². The Hall–Kier alpha value is -2.03. The van der Waals surface area contributed by atoms with Gasteiger partial charge in [0.2, 0.25) is 0 Å². The smallest absolute Gasteiger partial charge is 0.290 e. The van der Waals surface area contributed by atoms with Crippen molar-refractivity contribution in [3.05, 3.63) is 52.3 Å². The van der Waals surface area contributed by atoms with Gasteiger partial charge in [-0.1, -0.05) is 68.9 Å². The quantitative estimate of drug-likeness (QED) is 0.793. The Kier molecular flexibility index (Phi) is 6.11. The lowest BCUT2D eigenvalue weighted by Gasteiger charge is -2.13. The standard InChI is InChI=1S/C21H27NO2/c23-21-19-16-18(20(22-21)17-12-9-7-10-13-17)14-8-5-3-1-2-4-6-11-15-24-19/h7,9-10,12-13,16H,1-6,8,11,14-15H2,(H,22,23). The first-order chi connectivity index (χ1) is 11.8. The van der Waals surface area contributed by atoms with Gasteiger partial charge in [-0.3, -0.25) is 4.79 Å². The molecular formula is C21H27NO2. The molecule has 2 aromatic rings. The van der Waals surface area contributed by atoms with E-state index in [-0.39, 0.29) is 5.56 Å². The van der Waals surface area contributed by atoms with Crippen molar-refractivity contribution in [3.63, 3.8) is 0 Å². The second kappa shape index (κ2) is 8.72. The summed E-state index contributed by atoms with van der Waals surface area (Å²) in [6.45, 7) is 0.632. The summed E-state index contributed by atoms with van der Waals surface area (Å²) in [5, 5.41) is 0. The molecule has 0 aliphatic carbocycles. The molecule has 24 heavy (non-hydrogen) atoms. The van der Waals surface area contributed by atoms with Crippen molar-refractivity contribution >= 4 is 0 Å². The van der Waals surface area contributed by atoms with Crippen molar-refractivity contribution in [3.8, 4) is 17.0 Å². The van der Waals surface area contributed by atoms with Crippen LogP contribution in [-0.2, 0) is 6.42 Å². The van der Waals surface area contributed by atoms with Crippen LogP contribution in [0, 0.1) is 0 Å². The Bertz CT molecular complexity index is 691. The predicted molar refractivity (Wildman–Crippen MR) is 98.6 cm³/mol. The van der Waals surface area contributed by atoms with Crippen molar-refractivity contribution < 1.29 is 4.74 Å². The molecule has 3 nitrogen and oxygen atoms in total. The first-order valence-electron chi connectivity index (χ1n) is 9.29. The third-order valence-electron chi connectivity index (χ3n) is 4.75. The van der Waals surface area contributed by atoms with Crippen molar-refractivity contribution in [2.24, 2.45) is 0 Å². The average Bonchev–Trinajstić information content (AvgIpc) is 2.61. The van der Waals surface area contributed by atoms with Crippen LogP contribution in [0.1, 0.15) is 56.9 Å². The molecule has 0 unspecified atom stereocenters. The maximum atomic E-state index is 12.4. The molecule has 0 amide bonds. The van der Waals surface area contributed by atoms with Crippen LogP contribution in [0.4, 0.5) is 0 Å². The van der Waals surface area contributed by atoms with Gasteiger partial charge in [0.25, 0.3) is 5.56 Å². The molecule has 1 aromatic heterocycles. The SMILES string of the molecule is O=c1[nH]c(-c2ccccc2)c2cc1OCCCCCCCCCC2. The van der Waals surface area contributed by atoms with E-state index in [0.717, 1.165) is 30.5 Å². The van der Waals surface area contributed by atoms with Crippen molar-refractivity contribution in [1.82, 2.24) is 4.98 Å². The van der Waals surface area contributed by atoms with E-state index in [4.69, 9.17) is 4.74 Å². The predicted octanol–water partition coefficient (Wildman–Crippen LogP) is 5.10. The summed E-state index contributed by atoms with van der Waals surface area (Å²) in [6.07, 6.45) is 10.9. The van der Waals surface area contributed by atoms with Crippen LogP contribution in [0.2, 0.25) is 0 Å². The van der Waals surface area contributed by atoms with Gasteiger partial charge in [-0.05, 0) is 36.5 Å². The lowest BCUT2D eigenvalue weighted by atomic mass is 9.99. The third-order valence-corrected chi connectivity index (χ3v) is 4.75. The van der Waals surface area contributed by atoms with E-state index in [1.807, 2.05) is 36.4 Å². The second-order valence-corrected chi connectivity index (χ2v) is 6.66. The van der Waals surface area contributed by atoms with E-state index in [2.05, 4.69) is 4.98 Å². The molecule has 2 bridgehead atoms. The molecule has 2 heterocycles. The number of pyridine rings is 1. The highest BCUT2D eigenvalue weighted by molar-refractivity contribution is 5.63. The third kappa shape index (κ3) is 4.50. The molecule has 128 valence electrons. The summed E-state index contributed by atoms with van der Waals surface area (Å²) in [5.41, 5.74) is 3.08. The molecule has 1 aliphatic heterocycles. The zero-order chi connectivity index (χ0) is 16.6. The van der Waals surface area contributed by atoms with Crippen molar-refractivity contribution in [2.75, 3.05) is 6.61 Å². The Balaban J connectivity index is 1.89. The van der Waals surface area contributed by atoms with Crippen LogP contribution in [0.15, 0.2) is 41.2 Å². The lowest BCUT2D eigenvalue weighted by Crippen LogP contribution is -2.14. The fraction of sp³-hybridized carbons (Fsp3) is 0.476. The highest BCUT2D eigenvalue weighted by Gasteiger charge is 2.11. The van der Waals surface area contributed by atoms with E-state index in [0.29, 0.717) is 12.4 Å². The number of rotatable bonds is 1. The molecular weight excluding hydrogens is 298 g/mol. The van der Waals surface area contributed by atoms with E-state index in [1.54, 1.807) is 0 Å². The Morgan fingerprint density at radius 2 is 1.50 bits per heavy atom. The van der Waals surface area contributed by atoms with E-state index in [1.165, 1.54) is 44.1 Å². The van der Waals surface area contributed by atoms with Gasteiger partial charge < -0.3 is 9.72 Å². The molecule has 0 saturated heterocycles. The van der Waals surface area contributed by atoms with Gasteiger partial charge in [-0.2, -0.15) is 0 Å². The fourth-order valence-corrected chi connectivity index (χ4v) is 3.38. The number of H-pyrrole nitrogens is 1. The number of aromatic nitrogens is 1. The Labute approximate surface area is 144 Å². The molecule has 0 saturated carbocycles. The van der Waals surface area contributed by atoms with Gasteiger partial charge >= 0.3 is 0 Å². The molecule has 1 aromatic carbocycles. The number of ether oxygens (including phenoxy) is 1. The van der Waals surface area contributed by atoms with Crippen LogP contribution in [0.5, 0.6) is 5.75 Å². The molecule has 0 radical (unpaired) electrons. The van der Waals surface area contributed by atoms with E-state index >= 15 is 0 Å². The highest BCUT2D eigenvalue weighted by Crippen LogP contribution is 2.25. The topological polar surface area (TPSA) is 42.1 Å². The first-order valence-corrected chi connectivity index (χ1v) is 9.29. The number of hydrogen-bond acceptors (Lipinski definition) is 2. The van der Waals surface area contributed by atoms with E-state index < -0.39 is 0 Å². The number of fused-ring (bicyclic) bond motifs is 2. The zero-order valence-electron chi connectivity index (χ0n) is 14.4. The maximum Gasteiger partial charge on any atom is 0.290 e. The van der Waals surface area contributed by atoms with Gasteiger partial charge in [0.05, 0.1) is 12.3 Å². The summed E-state index contributed by atoms with van der Waals surface area (Å²) in [6, 6.07) is 12.1. The summed E-state index contributed by atoms with van der Waals surface area (Å²) in [5.74, 6) is 0.474. The first kappa shape index (κ1) is 16.8. The largest absolute Gasteiger partial charge is 0.488 e. The number of benzene rings is 1. The molecule has 1 aliphatic rings. The van der Waals surface area contributed by atoms with Gasteiger partial charge in [0, 0.05) is 0 Å². The molecule has 0 fully saturated rings. The summed E-state index contributed by atoms with van der Waals surface area (Å²) in [7, 11) is 0. The number of aryl methyl sites for hydroxylation is 1. The summed E-state index contributed by atoms with van der Waals surface area (Å²) >= 11 is 0.